The Morgan fingerprint density at radius 3 is 2.54 bits per heavy atom. The molecule has 5 heteroatoms. The summed E-state index contributed by atoms with van der Waals surface area (Å²) in [6, 6.07) is 13.1. The number of pyridine rings is 1. The van der Waals surface area contributed by atoms with Gasteiger partial charge < -0.3 is 10.2 Å². The van der Waals surface area contributed by atoms with Gasteiger partial charge in [0.05, 0.1) is 0 Å². The molecule has 138 valence electrons. The maximum absolute atomic E-state index is 12.8. The van der Waals surface area contributed by atoms with Crippen molar-refractivity contribution in [3.8, 4) is 0 Å². The first-order valence-corrected chi connectivity index (χ1v) is 9.08. The lowest BCUT2D eigenvalue weighted by atomic mass is 10.1. The standard InChI is InChI=1S/C21H27N3O2/c1-4-24(15-17-8-6-5-7-9-17)21(26)18-11-13-22-19(14-18)20(25)23-12-10-16(2)3/h5-9,11,13-14,16H,4,10,12,15H2,1-3H3,(H,23,25). The van der Waals surface area contributed by atoms with E-state index in [1.165, 1.54) is 6.20 Å². The fourth-order valence-electron chi connectivity index (χ4n) is 2.57. The molecule has 0 aliphatic rings. The van der Waals surface area contributed by atoms with Crippen LogP contribution in [0.1, 0.15) is 53.6 Å². The van der Waals surface area contributed by atoms with Crippen LogP contribution >= 0.6 is 0 Å². The van der Waals surface area contributed by atoms with Crippen LogP contribution in [0.5, 0.6) is 0 Å². The minimum Gasteiger partial charge on any atom is -0.351 e. The van der Waals surface area contributed by atoms with E-state index in [-0.39, 0.29) is 17.5 Å². The second kappa shape index (κ2) is 9.70. The molecule has 2 aromatic rings. The molecule has 1 N–H and O–H groups in total. The molecule has 0 unspecified atom stereocenters. The minimum absolute atomic E-state index is 0.102. The Labute approximate surface area is 155 Å². The van der Waals surface area contributed by atoms with Crippen molar-refractivity contribution in [2.45, 2.75) is 33.7 Å². The van der Waals surface area contributed by atoms with E-state index in [0.717, 1.165) is 12.0 Å². The van der Waals surface area contributed by atoms with Gasteiger partial charge in [0.1, 0.15) is 5.69 Å². The van der Waals surface area contributed by atoms with Gasteiger partial charge in [0, 0.05) is 31.4 Å². The van der Waals surface area contributed by atoms with Crippen LogP contribution in [0, 0.1) is 5.92 Å². The van der Waals surface area contributed by atoms with Gasteiger partial charge in [0.25, 0.3) is 11.8 Å². The molecule has 0 spiro atoms. The second-order valence-electron chi connectivity index (χ2n) is 6.67. The summed E-state index contributed by atoms with van der Waals surface area (Å²) in [4.78, 5) is 30.9. The number of nitrogens with one attached hydrogen (secondary N) is 1. The van der Waals surface area contributed by atoms with Crippen molar-refractivity contribution in [1.29, 1.82) is 0 Å². The molecule has 0 radical (unpaired) electrons. The zero-order chi connectivity index (χ0) is 18.9. The molecule has 1 heterocycles. The van der Waals surface area contributed by atoms with Gasteiger partial charge >= 0.3 is 0 Å². The lowest BCUT2D eigenvalue weighted by Gasteiger charge is -2.21. The third-order valence-corrected chi connectivity index (χ3v) is 4.13. The molecule has 0 fully saturated rings. The summed E-state index contributed by atoms with van der Waals surface area (Å²) in [5, 5.41) is 2.85. The van der Waals surface area contributed by atoms with Crippen molar-refractivity contribution >= 4 is 11.8 Å². The number of aromatic nitrogens is 1. The predicted octanol–water partition coefficient (Wildman–Crippen LogP) is 3.52. The average Bonchev–Trinajstić information content (AvgIpc) is 2.66. The Balaban J connectivity index is 2.07. The smallest absolute Gasteiger partial charge is 0.269 e. The molecule has 0 bridgehead atoms. The van der Waals surface area contributed by atoms with Crippen LogP contribution < -0.4 is 5.32 Å². The third kappa shape index (κ3) is 5.69. The minimum atomic E-state index is -0.244. The highest BCUT2D eigenvalue weighted by atomic mass is 16.2. The lowest BCUT2D eigenvalue weighted by Crippen LogP contribution is -2.31. The van der Waals surface area contributed by atoms with Gasteiger partial charge in [0.15, 0.2) is 0 Å². The quantitative estimate of drug-likeness (QED) is 0.790. The van der Waals surface area contributed by atoms with E-state index in [0.29, 0.717) is 31.1 Å². The van der Waals surface area contributed by atoms with Gasteiger partial charge in [-0.3, -0.25) is 14.6 Å². The SMILES string of the molecule is CCN(Cc1ccccc1)C(=O)c1ccnc(C(=O)NCCC(C)C)c1. The van der Waals surface area contributed by atoms with Crippen molar-refractivity contribution in [3.05, 3.63) is 65.5 Å². The summed E-state index contributed by atoms with van der Waals surface area (Å²) in [7, 11) is 0. The molecule has 1 aromatic heterocycles. The first-order valence-electron chi connectivity index (χ1n) is 9.08. The van der Waals surface area contributed by atoms with Crippen LogP contribution in [-0.4, -0.2) is 34.8 Å². The fourth-order valence-corrected chi connectivity index (χ4v) is 2.57. The van der Waals surface area contributed by atoms with Gasteiger partial charge in [-0.25, -0.2) is 0 Å². The van der Waals surface area contributed by atoms with Gasteiger partial charge in [-0.15, -0.1) is 0 Å². The van der Waals surface area contributed by atoms with Crippen molar-refractivity contribution in [2.75, 3.05) is 13.1 Å². The van der Waals surface area contributed by atoms with Crippen molar-refractivity contribution in [2.24, 2.45) is 5.92 Å². The first kappa shape index (κ1) is 19.6. The van der Waals surface area contributed by atoms with Crippen LogP contribution in [0.15, 0.2) is 48.7 Å². The molecular weight excluding hydrogens is 326 g/mol. The van der Waals surface area contributed by atoms with Crippen LogP contribution in [-0.2, 0) is 6.54 Å². The van der Waals surface area contributed by atoms with Crippen LogP contribution in [0.4, 0.5) is 0 Å². The zero-order valence-electron chi connectivity index (χ0n) is 15.7. The normalized spacial score (nSPS) is 10.6. The molecular formula is C21H27N3O2. The van der Waals surface area contributed by atoms with Crippen LogP contribution in [0.25, 0.3) is 0 Å². The number of hydrogen-bond acceptors (Lipinski definition) is 3. The van der Waals surface area contributed by atoms with E-state index < -0.39 is 0 Å². The molecule has 0 saturated carbocycles. The Hall–Kier alpha value is -2.69. The average molecular weight is 353 g/mol. The van der Waals surface area contributed by atoms with Crippen molar-refractivity contribution in [1.82, 2.24) is 15.2 Å². The number of carbonyl (C=O) groups is 2. The van der Waals surface area contributed by atoms with E-state index in [2.05, 4.69) is 24.1 Å². The van der Waals surface area contributed by atoms with Crippen LogP contribution in [0.2, 0.25) is 0 Å². The van der Waals surface area contributed by atoms with Gasteiger partial charge in [-0.1, -0.05) is 44.2 Å². The van der Waals surface area contributed by atoms with Crippen molar-refractivity contribution in [3.63, 3.8) is 0 Å². The number of carbonyl (C=O) groups excluding carboxylic acids is 2. The van der Waals surface area contributed by atoms with E-state index >= 15 is 0 Å². The second-order valence-corrected chi connectivity index (χ2v) is 6.67. The van der Waals surface area contributed by atoms with E-state index in [1.54, 1.807) is 17.0 Å². The Morgan fingerprint density at radius 1 is 1.15 bits per heavy atom. The Kier molecular flexibility index (Phi) is 7.33. The van der Waals surface area contributed by atoms with Crippen LogP contribution in [0.3, 0.4) is 0 Å². The number of amides is 2. The van der Waals surface area contributed by atoms with E-state index in [9.17, 15) is 9.59 Å². The van der Waals surface area contributed by atoms with E-state index in [1.807, 2.05) is 37.3 Å². The highest BCUT2D eigenvalue weighted by Crippen LogP contribution is 2.11. The molecule has 2 amide bonds. The third-order valence-electron chi connectivity index (χ3n) is 4.13. The maximum atomic E-state index is 12.8. The predicted molar refractivity (Wildman–Crippen MR) is 103 cm³/mol. The van der Waals surface area contributed by atoms with Gasteiger partial charge in [0.2, 0.25) is 0 Å². The van der Waals surface area contributed by atoms with Crippen molar-refractivity contribution < 1.29 is 9.59 Å². The number of nitrogens with zero attached hydrogens (tertiary/aromatic N) is 2. The Bertz CT molecular complexity index is 729. The molecule has 26 heavy (non-hydrogen) atoms. The largest absolute Gasteiger partial charge is 0.351 e. The Morgan fingerprint density at radius 2 is 1.88 bits per heavy atom. The maximum Gasteiger partial charge on any atom is 0.269 e. The molecule has 2 rings (SSSR count). The first-order chi connectivity index (χ1) is 12.5. The molecule has 0 aliphatic heterocycles. The topological polar surface area (TPSA) is 62.3 Å². The number of benzene rings is 1. The monoisotopic (exact) mass is 353 g/mol. The lowest BCUT2D eigenvalue weighted by molar-refractivity contribution is 0.0752. The summed E-state index contributed by atoms with van der Waals surface area (Å²) >= 11 is 0. The van der Waals surface area contributed by atoms with E-state index in [4.69, 9.17) is 0 Å². The highest BCUT2D eigenvalue weighted by molar-refractivity contribution is 5.98. The summed E-state index contributed by atoms with van der Waals surface area (Å²) in [6.07, 6.45) is 2.42. The number of rotatable bonds is 8. The number of hydrogen-bond donors (Lipinski definition) is 1. The molecule has 0 aliphatic carbocycles. The molecule has 5 nitrogen and oxygen atoms in total. The summed E-state index contributed by atoms with van der Waals surface area (Å²) in [6.45, 7) is 7.89. The molecule has 0 saturated heterocycles. The van der Waals surface area contributed by atoms with Gasteiger partial charge in [-0.05, 0) is 37.0 Å². The summed E-state index contributed by atoms with van der Waals surface area (Å²) in [5.74, 6) is 0.175. The highest BCUT2D eigenvalue weighted by Gasteiger charge is 2.17. The van der Waals surface area contributed by atoms with Gasteiger partial charge in [-0.2, -0.15) is 0 Å². The fraction of sp³-hybridized carbons (Fsp3) is 0.381. The molecule has 0 atom stereocenters. The molecule has 1 aromatic carbocycles. The summed E-state index contributed by atoms with van der Waals surface area (Å²) in [5.41, 5.74) is 1.82. The summed E-state index contributed by atoms with van der Waals surface area (Å²) < 4.78 is 0. The zero-order valence-corrected chi connectivity index (χ0v) is 15.7.